The molecule has 1 saturated heterocycles. The highest BCUT2D eigenvalue weighted by Gasteiger charge is 2.24. The minimum absolute atomic E-state index is 0.00668. The van der Waals surface area contributed by atoms with Gasteiger partial charge in [-0.3, -0.25) is 9.59 Å². The predicted octanol–water partition coefficient (Wildman–Crippen LogP) is 3.15. The Morgan fingerprint density at radius 2 is 1.68 bits per heavy atom. The Hall–Kier alpha value is -3.41. The van der Waals surface area contributed by atoms with Gasteiger partial charge in [-0.25, -0.2) is 4.98 Å². The van der Waals surface area contributed by atoms with E-state index in [1.165, 1.54) is 11.1 Å². The van der Waals surface area contributed by atoms with Crippen LogP contribution >= 0.6 is 0 Å². The number of pyridine rings is 1. The van der Waals surface area contributed by atoms with E-state index in [1.807, 2.05) is 47.4 Å². The van der Waals surface area contributed by atoms with E-state index < -0.39 is 0 Å². The van der Waals surface area contributed by atoms with Gasteiger partial charge in [0.2, 0.25) is 5.91 Å². The first kappa shape index (κ1) is 19.5. The molecule has 1 fully saturated rings. The normalized spacial score (nSPS) is 15.7. The van der Waals surface area contributed by atoms with Crippen LogP contribution in [0.15, 0.2) is 54.6 Å². The lowest BCUT2D eigenvalue weighted by molar-refractivity contribution is -0.131. The van der Waals surface area contributed by atoms with Gasteiger partial charge in [0.25, 0.3) is 5.91 Å². The van der Waals surface area contributed by atoms with Crippen LogP contribution in [-0.2, 0) is 17.8 Å². The van der Waals surface area contributed by atoms with Crippen molar-refractivity contribution in [2.24, 2.45) is 0 Å². The Bertz CT molecular complexity index is 1140. The van der Waals surface area contributed by atoms with Crippen LogP contribution in [0.25, 0.3) is 10.9 Å². The molecule has 6 nitrogen and oxygen atoms in total. The Balaban J connectivity index is 1.32. The smallest absolute Gasteiger partial charge is 0.255 e. The summed E-state index contributed by atoms with van der Waals surface area (Å²) in [6.45, 7) is 3.08. The Morgan fingerprint density at radius 3 is 2.52 bits per heavy atom. The molecule has 2 aromatic carbocycles. The van der Waals surface area contributed by atoms with Gasteiger partial charge in [0, 0.05) is 31.6 Å². The largest absolute Gasteiger partial charge is 0.356 e. The highest BCUT2D eigenvalue weighted by molar-refractivity contribution is 6.03. The molecule has 0 radical (unpaired) electrons. The average molecular weight is 415 g/mol. The molecule has 2 amide bonds. The van der Waals surface area contributed by atoms with Crippen LogP contribution in [-0.4, -0.2) is 47.9 Å². The molecule has 0 atom stereocenters. The maximum atomic E-state index is 13.1. The third-order valence-corrected chi connectivity index (χ3v) is 6.24. The number of benzene rings is 2. The summed E-state index contributed by atoms with van der Waals surface area (Å²) in [6, 6.07) is 17.9. The Morgan fingerprint density at radius 1 is 0.935 bits per heavy atom. The highest BCUT2D eigenvalue weighted by Crippen LogP contribution is 2.26. The first-order valence-electron chi connectivity index (χ1n) is 11.0. The van der Waals surface area contributed by atoms with E-state index in [-0.39, 0.29) is 18.4 Å². The van der Waals surface area contributed by atoms with Crippen molar-refractivity contribution < 1.29 is 9.59 Å². The third kappa shape index (κ3) is 3.98. The molecule has 0 bridgehead atoms. The molecular weight excluding hydrogens is 388 g/mol. The molecule has 3 aromatic rings. The lowest BCUT2D eigenvalue weighted by Gasteiger charge is -2.29. The maximum absolute atomic E-state index is 13.1. The predicted molar refractivity (Wildman–Crippen MR) is 121 cm³/mol. The second-order valence-corrected chi connectivity index (χ2v) is 8.26. The summed E-state index contributed by atoms with van der Waals surface area (Å²) in [5.74, 6) is 0.415. The second-order valence-electron chi connectivity index (χ2n) is 8.26. The molecule has 3 heterocycles. The first-order valence-corrected chi connectivity index (χ1v) is 11.0. The molecule has 2 aliphatic rings. The summed E-state index contributed by atoms with van der Waals surface area (Å²) >= 11 is 0. The number of fused-ring (bicyclic) bond motifs is 2. The Labute approximate surface area is 181 Å². The topological polar surface area (TPSA) is 65.5 Å². The number of hydrogen-bond donors (Lipinski definition) is 1. The van der Waals surface area contributed by atoms with Gasteiger partial charge in [-0.2, -0.15) is 0 Å². The van der Waals surface area contributed by atoms with Crippen molar-refractivity contribution in [1.82, 2.24) is 15.2 Å². The van der Waals surface area contributed by atoms with Crippen molar-refractivity contribution in [2.75, 3.05) is 31.1 Å². The van der Waals surface area contributed by atoms with Gasteiger partial charge in [0.15, 0.2) is 0 Å². The van der Waals surface area contributed by atoms with E-state index in [0.717, 1.165) is 43.3 Å². The van der Waals surface area contributed by atoms with Crippen molar-refractivity contribution in [2.45, 2.75) is 25.8 Å². The fraction of sp³-hybridized carbons (Fsp3) is 0.320. The van der Waals surface area contributed by atoms with E-state index >= 15 is 0 Å². The van der Waals surface area contributed by atoms with E-state index in [0.29, 0.717) is 24.5 Å². The quantitative estimate of drug-likeness (QED) is 0.712. The molecule has 0 spiro atoms. The molecule has 5 rings (SSSR count). The van der Waals surface area contributed by atoms with Gasteiger partial charge in [0.05, 0.1) is 17.6 Å². The summed E-state index contributed by atoms with van der Waals surface area (Å²) in [5.41, 5.74) is 3.90. The minimum atomic E-state index is -0.245. The number of anilines is 1. The number of para-hydroxylation sites is 1. The van der Waals surface area contributed by atoms with Crippen LogP contribution in [0.1, 0.15) is 34.3 Å². The van der Waals surface area contributed by atoms with Crippen LogP contribution in [0.4, 0.5) is 5.82 Å². The molecule has 0 unspecified atom stereocenters. The zero-order chi connectivity index (χ0) is 21.2. The fourth-order valence-corrected chi connectivity index (χ4v) is 4.51. The van der Waals surface area contributed by atoms with Gasteiger partial charge in [0.1, 0.15) is 5.82 Å². The summed E-state index contributed by atoms with van der Waals surface area (Å²) in [5, 5.41) is 3.78. The number of carbonyl (C=O) groups excluding carboxylic acids is 2. The van der Waals surface area contributed by atoms with Crippen molar-refractivity contribution in [3.63, 3.8) is 0 Å². The van der Waals surface area contributed by atoms with Crippen molar-refractivity contribution >= 4 is 28.5 Å². The number of nitrogens with one attached hydrogen (secondary N) is 1. The number of carbonyl (C=O) groups is 2. The first-order chi connectivity index (χ1) is 15.2. The lowest BCUT2D eigenvalue weighted by atomic mass is 10.00. The summed E-state index contributed by atoms with van der Waals surface area (Å²) < 4.78 is 0. The van der Waals surface area contributed by atoms with Crippen LogP contribution in [0.3, 0.4) is 0 Å². The monoisotopic (exact) mass is 414 g/mol. The number of nitrogens with zero attached hydrogens (tertiary/aromatic N) is 3. The van der Waals surface area contributed by atoms with Gasteiger partial charge < -0.3 is 15.1 Å². The zero-order valence-corrected chi connectivity index (χ0v) is 17.5. The zero-order valence-electron chi connectivity index (χ0n) is 17.5. The van der Waals surface area contributed by atoms with Crippen molar-refractivity contribution in [3.05, 3.63) is 71.3 Å². The molecule has 2 aliphatic heterocycles. The van der Waals surface area contributed by atoms with Gasteiger partial charge in [-0.05, 0) is 42.5 Å². The maximum Gasteiger partial charge on any atom is 0.255 e. The third-order valence-electron chi connectivity index (χ3n) is 6.24. The van der Waals surface area contributed by atoms with E-state index in [4.69, 9.17) is 4.98 Å². The van der Waals surface area contributed by atoms with Gasteiger partial charge in [-0.1, -0.05) is 42.5 Å². The standard InChI is InChI=1S/C25H26N4O2/c30-23(29-14-11-18-7-1-2-9-20(18)17-29)16-26-25(31)21-15-19-8-3-4-10-22(19)27-24(21)28-12-5-6-13-28/h1-4,7-10,15H,5-6,11-14,16-17H2,(H,26,31). The van der Waals surface area contributed by atoms with Gasteiger partial charge >= 0.3 is 0 Å². The van der Waals surface area contributed by atoms with Crippen LogP contribution < -0.4 is 10.2 Å². The summed E-state index contributed by atoms with van der Waals surface area (Å²) in [6.07, 6.45) is 3.05. The van der Waals surface area contributed by atoms with E-state index in [9.17, 15) is 9.59 Å². The molecule has 6 heteroatoms. The van der Waals surface area contributed by atoms with Crippen LogP contribution in [0, 0.1) is 0 Å². The van der Waals surface area contributed by atoms with E-state index in [1.54, 1.807) is 0 Å². The van der Waals surface area contributed by atoms with E-state index in [2.05, 4.69) is 22.3 Å². The molecule has 0 aliphatic carbocycles. The SMILES string of the molecule is O=C(NCC(=O)N1CCc2ccccc2C1)c1cc2ccccc2nc1N1CCCC1. The lowest BCUT2D eigenvalue weighted by Crippen LogP contribution is -2.42. The molecule has 1 aromatic heterocycles. The molecule has 31 heavy (non-hydrogen) atoms. The van der Waals surface area contributed by atoms with Crippen molar-refractivity contribution in [3.8, 4) is 0 Å². The number of rotatable bonds is 4. The van der Waals surface area contributed by atoms with Crippen LogP contribution in [0.5, 0.6) is 0 Å². The van der Waals surface area contributed by atoms with Crippen molar-refractivity contribution in [1.29, 1.82) is 0 Å². The number of aromatic nitrogens is 1. The Kier molecular flexibility index (Phi) is 5.28. The summed E-state index contributed by atoms with van der Waals surface area (Å²) in [4.78, 5) is 34.7. The van der Waals surface area contributed by atoms with Crippen LogP contribution in [0.2, 0.25) is 0 Å². The average Bonchev–Trinajstić information content (AvgIpc) is 3.36. The molecule has 158 valence electrons. The molecule has 1 N–H and O–H groups in total. The second kappa shape index (κ2) is 8.38. The minimum Gasteiger partial charge on any atom is -0.356 e. The fourth-order valence-electron chi connectivity index (χ4n) is 4.51. The summed E-state index contributed by atoms with van der Waals surface area (Å²) in [7, 11) is 0. The number of hydrogen-bond acceptors (Lipinski definition) is 4. The molecular formula is C25H26N4O2. The number of amides is 2. The highest BCUT2D eigenvalue weighted by atomic mass is 16.2. The van der Waals surface area contributed by atoms with Gasteiger partial charge in [-0.15, -0.1) is 0 Å². The molecule has 0 saturated carbocycles.